The Morgan fingerprint density at radius 2 is 1.84 bits per heavy atom. The van der Waals surface area contributed by atoms with Gasteiger partial charge in [0.05, 0.1) is 6.61 Å². The van der Waals surface area contributed by atoms with Gasteiger partial charge in [-0.3, -0.25) is 0 Å². The molecule has 0 saturated heterocycles. The number of hydrogen-bond donors (Lipinski definition) is 1. The van der Waals surface area contributed by atoms with Crippen molar-refractivity contribution >= 4 is 11.3 Å². The lowest BCUT2D eigenvalue weighted by Crippen LogP contribution is -2.12. The molecule has 0 aliphatic carbocycles. The van der Waals surface area contributed by atoms with Crippen molar-refractivity contribution in [2.45, 2.75) is 26.4 Å². The van der Waals surface area contributed by atoms with E-state index in [1.165, 1.54) is 4.88 Å². The van der Waals surface area contributed by atoms with E-state index in [4.69, 9.17) is 9.47 Å². The zero-order chi connectivity index (χ0) is 17.3. The first-order chi connectivity index (χ1) is 12.3. The van der Waals surface area contributed by atoms with Crippen LogP contribution in [0.4, 0.5) is 0 Å². The number of benzene rings is 1. The van der Waals surface area contributed by atoms with Crippen LogP contribution in [-0.4, -0.2) is 11.6 Å². The molecule has 3 rings (SSSR count). The molecule has 0 aliphatic heterocycles. The molecule has 2 heterocycles. The fraction of sp³-hybridized carbons (Fsp3) is 0.250. The molecule has 3 aromatic rings. The van der Waals surface area contributed by atoms with E-state index in [-0.39, 0.29) is 0 Å². The molecule has 2 aromatic heterocycles. The van der Waals surface area contributed by atoms with Gasteiger partial charge in [-0.2, -0.15) is 0 Å². The number of hydrogen-bond acceptors (Lipinski definition) is 5. The van der Waals surface area contributed by atoms with Gasteiger partial charge in [0.1, 0.15) is 11.5 Å². The molecule has 5 heteroatoms. The molecule has 0 aliphatic rings. The molecule has 1 N–H and O–H groups in total. The molecule has 0 saturated carbocycles. The lowest BCUT2D eigenvalue weighted by Gasteiger charge is -2.11. The van der Waals surface area contributed by atoms with Gasteiger partial charge < -0.3 is 14.8 Å². The third kappa shape index (κ3) is 5.31. The van der Waals surface area contributed by atoms with E-state index in [0.717, 1.165) is 36.6 Å². The minimum absolute atomic E-state index is 0.628. The number of ether oxygens (including phenoxy) is 2. The summed E-state index contributed by atoms with van der Waals surface area (Å²) in [5.41, 5.74) is 1.03. The maximum atomic E-state index is 5.95. The van der Waals surface area contributed by atoms with Gasteiger partial charge in [-0.15, -0.1) is 11.3 Å². The molecule has 0 amide bonds. The summed E-state index contributed by atoms with van der Waals surface area (Å²) in [6, 6.07) is 15.8. The molecule has 0 spiro atoms. The monoisotopic (exact) mass is 354 g/mol. The maximum absolute atomic E-state index is 5.95. The number of thiophene rings is 1. The third-order valence-electron chi connectivity index (χ3n) is 3.56. The Labute approximate surface area is 152 Å². The van der Waals surface area contributed by atoms with Crippen LogP contribution in [0, 0.1) is 0 Å². The van der Waals surface area contributed by atoms with Crippen LogP contribution in [0.25, 0.3) is 0 Å². The lowest BCUT2D eigenvalue weighted by atomic mass is 10.2. The first-order valence-corrected chi connectivity index (χ1v) is 9.31. The topological polar surface area (TPSA) is 43.4 Å². The van der Waals surface area contributed by atoms with E-state index >= 15 is 0 Å². The number of nitrogens with one attached hydrogen (secondary N) is 1. The molecule has 25 heavy (non-hydrogen) atoms. The van der Waals surface area contributed by atoms with Crippen molar-refractivity contribution in [1.29, 1.82) is 0 Å². The van der Waals surface area contributed by atoms with E-state index in [1.807, 2.05) is 36.4 Å². The van der Waals surface area contributed by atoms with Crippen molar-refractivity contribution in [3.63, 3.8) is 0 Å². The standard InChI is InChI=1S/C20H22N2O2S/c1-2-12-23-17-7-9-18(10-8-17)24-20-16(5-3-11-22-20)14-21-15-19-6-4-13-25-19/h3-11,13,21H,2,12,14-15H2,1H3. The Balaban J connectivity index is 1.60. The Kier molecular flexibility index (Phi) is 6.42. The van der Waals surface area contributed by atoms with Gasteiger partial charge in [-0.05, 0) is 48.2 Å². The average molecular weight is 354 g/mol. The van der Waals surface area contributed by atoms with E-state index in [2.05, 4.69) is 34.7 Å². The fourth-order valence-corrected chi connectivity index (χ4v) is 2.99. The van der Waals surface area contributed by atoms with Crippen molar-refractivity contribution in [3.8, 4) is 17.4 Å². The summed E-state index contributed by atoms with van der Waals surface area (Å²) >= 11 is 1.75. The quantitative estimate of drug-likeness (QED) is 0.586. The molecule has 130 valence electrons. The van der Waals surface area contributed by atoms with Gasteiger partial charge in [-0.1, -0.05) is 19.1 Å². The molecular weight excluding hydrogens is 332 g/mol. The van der Waals surface area contributed by atoms with Crippen molar-refractivity contribution < 1.29 is 9.47 Å². The largest absolute Gasteiger partial charge is 0.494 e. The normalized spacial score (nSPS) is 10.6. The molecule has 1 aromatic carbocycles. The van der Waals surface area contributed by atoms with Gasteiger partial charge in [0.2, 0.25) is 5.88 Å². The minimum Gasteiger partial charge on any atom is -0.494 e. The molecular formula is C20H22N2O2S. The van der Waals surface area contributed by atoms with Crippen LogP contribution in [0.2, 0.25) is 0 Å². The molecule has 0 bridgehead atoms. The highest BCUT2D eigenvalue weighted by atomic mass is 32.1. The number of rotatable bonds is 9. The SMILES string of the molecule is CCCOc1ccc(Oc2ncccc2CNCc2cccs2)cc1. The highest BCUT2D eigenvalue weighted by molar-refractivity contribution is 7.09. The second-order valence-electron chi connectivity index (χ2n) is 5.57. The minimum atomic E-state index is 0.628. The molecule has 0 radical (unpaired) electrons. The Morgan fingerprint density at radius 1 is 1.00 bits per heavy atom. The summed E-state index contributed by atoms with van der Waals surface area (Å²) in [6.07, 6.45) is 2.74. The van der Waals surface area contributed by atoms with E-state index in [9.17, 15) is 0 Å². The lowest BCUT2D eigenvalue weighted by molar-refractivity contribution is 0.317. The van der Waals surface area contributed by atoms with Crippen molar-refractivity contribution in [2.24, 2.45) is 0 Å². The average Bonchev–Trinajstić information content (AvgIpc) is 3.16. The molecule has 0 atom stereocenters. The Hall–Kier alpha value is -2.37. The third-order valence-corrected chi connectivity index (χ3v) is 4.43. The molecule has 4 nitrogen and oxygen atoms in total. The van der Waals surface area contributed by atoms with Crippen LogP contribution in [0.15, 0.2) is 60.1 Å². The zero-order valence-corrected chi connectivity index (χ0v) is 15.1. The van der Waals surface area contributed by atoms with Crippen LogP contribution in [0.3, 0.4) is 0 Å². The summed E-state index contributed by atoms with van der Waals surface area (Å²) in [5.74, 6) is 2.23. The summed E-state index contributed by atoms with van der Waals surface area (Å²) in [5, 5.41) is 5.52. The summed E-state index contributed by atoms with van der Waals surface area (Å²) < 4.78 is 11.5. The second kappa shape index (κ2) is 9.20. The predicted molar refractivity (Wildman–Crippen MR) is 101 cm³/mol. The Bertz CT molecular complexity index is 758. The highest BCUT2D eigenvalue weighted by Gasteiger charge is 2.06. The van der Waals surface area contributed by atoms with Crippen molar-refractivity contribution in [2.75, 3.05) is 6.61 Å². The Morgan fingerprint density at radius 3 is 2.60 bits per heavy atom. The number of aromatic nitrogens is 1. The van der Waals surface area contributed by atoms with Crippen LogP contribution in [0.5, 0.6) is 17.4 Å². The molecule has 0 fully saturated rings. The van der Waals surface area contributed by atoms with Gasteiger partial charge in [0.15, 0.2) is 0 Å². The first-order valence-electron chi connectivity index (χ1n) is 8.43. The molecule has 0 unspecified atom stereocenters. The summed E-state index contributed by atoms with van der Waals surface area (Å²) in [4.78, 5) is 5.68. The number of pyridine rings is 1. The number of nitrogens with zero attached hydrogens (tertiary/aromatic N) is 1. The predicted octanol–water partition coefficient (Wildman–Crippen LogP) is 5.01. The van der Waals surface area contributed by atoms with Crippen molar-refractivity contribution in [3.05, 3.63) is 70.5 Å². The van der Waals surface area contributed by atoms with Crippen LogP contribution < -0.4 is 14.8 Å². The highest BCUT2D eigenvalue weighted by Crippen LogP contribution is 2.25. The first kappa shape index (κ1) is 17.5. The van der Waals surface area contributed by atoms with Gasteiger partial charge in [-0.25, -0.2) is 4.98 Å². The fourth-order valence-electron chi connectivity index (χ4n) is 2.32. The summed E-state index contributed by atoms with van der Waals surface area (Å²) in [6.45, 7) is 4.36. The van der Waals surface area contributed by atoms with Crippen LogP contribution in [0.1, 0.15) is 23.8 Å². The summed E-state index contributed by atoms with van der Waals surface area (Å²) in [7, 11) is 0. The van der Waals surface area contributed by atoms with Crippen LogP contribution >= 0.6 is 11.3 Å². The second-order valence-corrected chi connectivity index (χ2v) is 6.60. The van der Waals surface area contributed by atoms with E-state index in [0.29, 0.717) is 12.4 Å². The van der Waals surface area contributed by atoms with Crippen molar-refractivity contribution in [1.82, 2.24) is 10.3 Å². The van der Waals surface area contributed by atoms with Crippen LogP contribution in [-0.2, 0) is 13.1 Å². The smallest absolute Gasteiger partial charge is 0.223 e. The van der Waals surface area contributed by atoms with E-state index < -0.39 is 0 Å². The van der Waals surface area contributed by atoms with E-state index in [1.54, 1.807) is 17.5 Å². The van der Waals surface area contributed by atoms with Gasteiger partial charge >= 0.3 is 0 Å². The maximum Gasteiger partial charge on any atom is 0.223 e. The zero-order valence-electron chi connectivity index (χ0n) is 14.3. The van der Waals surface area contributed by atoms with Gasteiger partial charge in [0.25, 0.3) is 0 Å². The van der Waals surface area contributed by atoms with Gasteiger partial charge in [0, 0.05) is 29.7 Å².